The van der Waals surface area contributed by atoms with Crippen molar-refractivity contribution in [2.75, 3.05) is 16.4 Å². The summed E-state index contributed by atoms with van der Waals surface area (Å²) < 4.78 is 16.8. The largest absolute Gasteiger partial charge is 0.490 e. The minimum absolute atomic E-state index is 0.362. The molecule has 65 heavy (non-hydrogen) atoms. The molecule has 0 bridgehead atoms. The smallest absolute Gasteiger partial charge is 0.335 e. The molecule has 8 aromatic rings. The summed E-state index contributed by atoms with van der Waals surface area (Å²) in [6, 6.07) is 66.3. The van der Waals surface area contributed by atoms with Crippen LogP contribution in [0.4, 0.5) is 34.1 Å². The highest BCUT2D eigenvalue weighted by Gasteiger charge is 2.17. The van der Waals surface area contributed by atoms with Crippen LogP contribution in [-0.2, 0) is 9.59 Å². The van der Waals surface area contributed by atoms with Crippen molar-refractivity contribution in [3.8, 4) is 50.6 Å². The summed E-state index contributed by atoms with van der Waals surface area (Å²) in [6.45, 7) is 11.5. The molecule has 0 fully saturated rings. The van der Waals surface area contributed by atoms with Crippen LogP contribution in [0.15, 0.2) is 219 Å². The molecule has 0 aliphatic heterocycles. The van der Waals surface area contributed by atoms with Crippen LogP contribution in [0.3, 0.4) is 0 Å². The molecule has 0 atom stereocenters. The van der Waals surface area contributed by atoms with Crippen LogP contribution in [0.1, 0.15) is 18.9 Å². The molecule has 0 heterocycles. The molecule has 0 saturated heterocycles. The lowest BCUT2D eigenvalue weighted by Crippen LogP contribution is -2.10. The van der Waals surface area contributed by atoms with Gasteiger partial charge < -0.3 is 24.0 Å². The highest BCUT2D eigenvalue weighted by molar-refractivity contribution is 5.86. The van der Waals surface area contributed by atoms with E-state index in [1.54, 1.807) is 6.07 Å². The first-order chi connectivity index (χ1) is 31.8. The maximum atomic E-state index is 12.0. The summed E-state index contributed by atoms with van der Waals surface area (Å²) in [7, 11) is 0. The lowest BCUT2D eigenvalue weighted by Gasteiger charge is -2.26. The van der Waals surface area contributed by atoms with E-state index in [0.29, 0.717) is 23.9 Å². The number of hydrogen-bond acceptors (Lipinski definition) is 7. The molecule has 7 nitrogen and oxygen atoms in total. The second-order valence-corrected chi connectivity index (χ2v) is 15.3. The number of benzene rings is 8. The van der Waals surface area contributed by atoms with Gasteiger partial charge in [-0.1, -0.05) is 117 Å². The van der Waals surface area contributed by atoms with Gasteiger partial charge in [0.2, 0.25) is 0 Å². The molecular weight excluding hydrogens is 805 g/mol. The van der Waals surface area contributed by atoms with Crippen molar-refractivity contribution >= 4 is 46.1 Å². The Morgan fingerprint density at radius 2 is 0.769 bits per heavy atom. The Labute approximate surface area is 380 Å². The van der Waals surface area contributed by atoms with Crippen LogP contribution >= 0.6 is 0 Å². The number of para-hydroxylation sites is 2. The maximum Gasteiger partial charge on any atom is 0.335 e. The molecule has 8 aromatic carbocycles. The van der Waals surface area contributed by atoms with Gasteiger partial charge in [-0.25, -0.2) is 9.59 Å². The first-order valence-corrected chi connectivity index (χ1v) is 21.5. The maximum absolute atomic E-state index is 12.0. The Morgan fingerprint density at radius 3 is 1.15 bits per heavy atom. The van der Waals surface area contributed by atoms with Crippen LogP contribution in [0, 0.1) is 6.92 Å². The fraction of sp³-hybridized carbons (Fsp3) is 0.0690. The number of hydrogen-bond donors (Lipinski definition) is 0. The Bertz CT molecular complexity index is 2910. The molecule has 320 valence electrons. The van der Waals surface area contributed by atoms with Gasteiger partial charge in [0.05, 0.1) is 6.61 Å². The van der Waals surface area contributed by atoms with Crippen LogP contribution in [0.2, 0.25) is 0 Å². The summed E-state index contributed by atoms with van der Waals surface area (Å²) in [6.07, 6.45) is 3.12. The van der Waals surface area contributed by atoms with Crippen molar-refractivity contribution in [3.63, 3.8) is 0 Å². The molecule has 0 aliphatic rings. The molecular formula is C58H48N2O5. The molecule has 7 heteroatoms. The first kappa shape index (κ1) is 43.2. The third-order valence-electron chi connectivity index (χ3n) is 10.9. The summed E-state index contributed by atoms with van der Waals surface area (Å²) in [5.74, 6) is 0.377. The highest BCUT2D eigenvalue weighted by atomic mass is 16.6. The monoisotopic (exact) mass is 852 g/mol. The zero-order valence-corrected chi connectivity index (χ0v) is 36.4. The molecule has 0 radical (unpaired) electrons. The Hall–Kier alpha value is -8.42. The average molecular weight is 853 g/mol. The van der Waals surface area contributed by atoms with Crippen molar-refractivity contribution < 1.29 is 23.8 Å². The van der Waals surface area contributed by atoms with E-state index < -0.39 is 11.9 Å². The predicted octanol–water partition coefficient (Wildman–Crippen LogP) is 14.9. The van der Waals surface area contributed by atoms with E-state index >= 15 is 0 Å². The molecule has 0 aliphatic carbocycles. The van der Waals surface area contributed by atoms with Gasteiger partial charge >= 0.3 is 11.9 Å². The highest BCUT2D eigenvalue weighted by Crippen LogP contribution is 2.40. The molecule has 0 amide bonds. The number of nitrogens with zero attached hydrogens (tertiary/aromatic N) is 2. The number of carbonyl (C=O) groups excluding carboxylic acids is 2. The standard InChI is InChI=1S/C58H48N2O5/c1-5-38-63-56-40-47(27-37-55(56)65-58(62)7-3)45-24-34-53(35-25-45)60(49-16-12-9-13-17-49)51-30-20-43(21-31-51)42-18-28-50(29-19-42)59(48-14-10-8-11-15-48)52-32-22-44(23-33-52)46-26-36-54(41(4)39-46)64-57(61)6-2/h6-37,39-40H,2-3,5,38H2,1,4H3. The predicted molar refractivity (Wildman–Crippen MR) is 264 cm³/mol. The molecule has 0 unspecified atom stereocenters. The first-order valence-electron chi connectivity index (χ1n) is 21.5. The summed E-state index contributed by atoms with van der Waals surface area (Å²) in [5, 5.41) is 0. The van der Waals surface area contributed by atoms with Gasteiger partial charge in [-0.15, -0.1) is 0 Å². The van der Waals surface area contributed by atoms with Gasteiger partial charge in [0, 0.05) is 46.3 Å². The number of esters is 2. The average Bonchev–Trinajstić information content (AvgIpc) is 3.36. The number of carbonyl (C=O) groups is 2. The molecule has 0 saturated carbocycles. The molecule has 0 N–H and O–H groups in total. The fourth-order valence-electron chi connectivity index (χ4n) is 7.60. The Balaban J connectivity index is 1.03. The van der Waals surface area contributed by atoms with E-state index in [9.17, 15) is 9.59 Å². The van der Waals surface area contributed by atoms with Gasteiger partial charge in [0.1, 0.15) is 5.75 Å². The summed E-state index contributed by atoms with van der Waals surface area (Å²) in [5.41, 5.74) is 13.3. The topological polar surface area (TPSA) is 68.3 Å². The summed E-state index contributed by atoms with van der Waals surface area (Å²) >= 11 is 0. The number of rotatable bonds is 16. The van der Waals surface area contributed by atoms with Crippen LogP contribution in [0.25, 0.3) is 33.4 Å². The van der Waals surface area contributed by atoms with Gasteiger partial charge in [-0.05, 0) is 149 Å². The van der Waals surface area contributed by atoms with Gasteiger partial charge in [-0.2, -0.15) is 0 Å². The van der Waals surface area contributed by atoms with Crippen molar-refractivity contribution in [2.24, 2.45) is 0 Å². The van der Waals surface area contributed by atoms with E-state index in [1.807, 2.05) is 80.6 Å². The van der Waals surface area contributed by atoms with E-state index in [2.05, 4.69) is 144 Å². The van der Waals surface area contributed by atoms with Crippen molar-refractivity contribution in [1.29, 1.82) is 0 Å². The summed E-state index contributed by atoms with van der Waals surface area (Å²) in [4.78, 5) is 28.2. The van der Waals surface area contributed by atoms with E-state index in [-0.39, 0.29) is 0 Å². The lowest BCUT2D eigenvalue weighted by atomic mass is 10.0. The normalized spacial score (nSPS) is 10.7. The third kappa shape index (κ3) is 10.1. The number of ether oxygens (including phenoxy) is 3. The van der Waals surface area contributed by atoms with Crippen molar-refractivity contribution in [2.45, 2.75) is 20.3 Å². The van der Waals surface area contributed by atoms with Crippen molar-refractivity contribution in [1.82, 2.24) is 0 Å². The zero-order valence-electron chi connectivity index (χ0n) is 36.4. The van der Waals surface area contributed by atoms with E-state index in [4.69, 9.17) is 14.2 Å². The van der Waals surface area contributed by atoms with Crippen molar-refractivity contribution in [3.05, 3.63) is 225 Å². The third-order valence-corrected chi connectivity index (χ3v) is 10.9. The van der Waals surface area contributed by atoms with Gasteiger partial charge in [0.25, 0.3) is 0 Å². The van der Waals surface area contributed by atoms with Crippen LogP contribution in [0.5, 0.6) is 17.2 Å². The number of anilines is 6. The van der Waals surface area contributed by atoms with E-state index in [1.165, 1.54) is 0 Å². The Kier molecular flexibility index (Phi) is 13.4. The minimum atomic E-state index is -0.534. The SMILES string of the molecule is C=CC(=O)Oc1ccc(-c2ccc(N(c3ccccc3)c3ccc(-c4ccc(N(c5ccccc5)c5ccc(-c6ccc(OC(=O)C=C)c(OCCC)c6)cc5)cc4)cc3)cc2)cc1C. The second kappa shape index (κ2) is 20.2. The lowest BCUT2D eigenvalue weighted by molar-refractivity contribution is -0.129. The minimum Gasteiger partial charge on any atom is -0.490 e. The zero-order chi connectivity index (χ0) is 45.1. The number of aryl methyl sites for hydroxylation is 1. The van der Waals surface area contributed by atoms with Crippen LogP contribution < -0.4 is 24.0 Å². The second-order valence-electron chi connectivity index (χ2n) is 15.3. The molecule has 8 rings (SSSR count). The van der Waals surface area contributed by atoms with E-state index in [0.717, 1.165) is 91.6 Å². The van der Waals surface area contributed by atoms with Gasteiger partial charge in [-0.3, -0.25) is 0 Å². The van der Waals surface area contributed by atoms with Crippen LogP contribution in [-0.4, -0.2) is 18.5 Å². The fourth-order valence-corrected chi connectivity index (χ4v) is 7.60. The quantitative estimate of drug-likeness (QED) is 0.0545. The molecule has 0 aromatic heterocycles. The molecule has 0 spiro atoms. The van der Waals surface area contributed by atoms with Gasteiger partial charge in [0.15, 0.2) is 11.5 Å². The Morgan fingerprint density at radius 1 is 0.431 bits per heavy atom.